The number of anilines is 2. The van der Waals surface area contributed by atoms with Crippen molar-refractivity contribution < 1.29 is 151 Å². The fourth-order valence-corrected chi connectivity index (χ4v) is 4.68. The van der Waals surface area contributed by atoms with E-state index in [1.54, 1.807) is 32.3 Å². The average molecular weight is 1330 g/mol. The molecule has 40 heteroatoms. The van der Waals surface area contributed by atoms with Crippen LogP contribution in [0.1, 0.15) is 30.5 Å². The molecule has 5 rings (SSSR count). The van der Waals surface area contributed by atoms with Crippen molar-refractivity contribution in [2.75, 3.05) is 24.7 Å². The Bertz CT molecular complexity index is 2810. The zero-order valence-corrected chi connectivity index (χ0v) is 45.4. The van der Waals surface area contributed by atoms with Crippen LogP contribution in [0.2, 0.25) is 0 Å². The number of hydrogen-bond acceptors (Lipinski definition) is 20. The SMILES string of the molecule is C.CC(=O)[O-].CNc1ccc(Oc2ccnc(-c3ncc(C(F)(F)F)[nH]3)c2)cc1[N+](=O)[O-].CNc1ccc(Oc2ccnc(C=O)c2)cc1[N+](=O)[O-].N.O.O.O=C(C(Br)Br)C(F)(F)F.O=CC(=O)C(F)(F)F.O=CC(=O)C(F)(F)F.[Na+]. The Labute approximate surface area is 484 Å². The Morgan fingerprint density at radius 3 is 1.30 bits per heavy atom. The van der Waals surface area contributed by atoms with Crippen molar-refractivity contribution in [1.29, 1.82) is 0 Å². The number of aromatic amines is 1. The largest absolute Gasteiger partial charge is 1.00 e. The van der Waals surface area contributed by atoms with Crippen molar-refractivity contribution in [2.24, 2.45) is 0 Å². The number of ether oxygens (including phenoxy) is 2. The number of aromatic nitrogens is 4. The van der Waals surface area contributed by atoms with Gasteiger partial charge in [-0.15, -0.1) is 0 Å². The van der Waals surface area contributed by atoms with E-state index in [2.05, 4.69) is 62.4 Å². The van der Waals surface area contributed by atoms with Crippen LogP contribution in [-0.4, -0.2) is 119 Å². The van der Waals surface area contributed by atoms with Crippen molar-refractivity contribution in [3.8, 4) is 34.5 Å². The first-order valence-electron chi connectivity index (χ1n) is 18.9. The zero-order valence-electron chi connectivity index (χ0n) is 40.3. The smallest absolute Gasteiger partial charge is 0.550 e. The molecule has 5 aromatic rings. The fourth-order valence-electron chi connectivity index (χ4n) is 4.16. The molecule has 3 aromatic heterocycles. The number of H-pyrrole nitrogens is 1. The molecule has 3 heterocycles. The van der Waals surface area contributed by atoms with Gasteiger partial charge in [0.25, 0.3) is 28.7 Å². The molecule has 0 fully saturated rings. The molecule has 0 aliphatic carbocycles. The maximum Gasteiger partial charge on any atom is 1.00 e. The van der Waals surface area contributed by atoms with Crippen LogP contribution < -0.4 is 60.9 Å². The minimum Gasteiger partial charge on any atom is -0.550 e. The molecule has 0 aliphatic rings. The van der Waals surface area contributed by atoms with Gasteiger partial charge in [0.05, 0.1) is 28.2 Å². The number of Topliss-reactive ketones (excluding diaryl/α,β-unsaturated/α-hetero) is 3. The van der Waals surface area contributed by atoms with Gasteiger partial charge in [0, 0.05) is 44.6 Å². The van der Waals surface area contributed by atoms with Crippen molar-refractivity contribution in [3.63, 3.8) is 0 Å². The van der Waals surface area contributed by atoms with E-state index in [1.165, 1.54) is 54.9 Å². The maximum atomic E-state index is 12.7. The maximum absolute atomic E-state index is 12.7. The summed E-state index contributed by atoms with van der Waals surface area (Å²) in [6.07, 6.45) is -16.8. The second-order valence-electron chi connectivity index (χ2n) is 12.7. The topological polar surface area (TPSA) is 424 Å². The number of halogens is 14. The molecule has 0 unspecified atom stereocenters. The van der Waals surface area contributed by atoms with Gasteiger partial charge in [-0.3, -0.25) is 59.0 Å². The van der Waals surface area contributed by atoms with Gasteiger partial charge in [0.2, 0.25) is 0 Å². The number of carbonyl (C=O) groups is 7. The molecule has 0 amide bonds. The van der Waals surface area contributed by atoms with Crippen molar-refractivity contribution >= 4 is 96.8 Å². The number of nitrogens with zero attached hydrogens (tertiary/aromatic N) is 5. The normalized spacial score (nSPS) is 10.0. The minimum absolute atomic E-state index is 0. The molecular formula is C41H40Br2F12N9NaO16. The van der Waals surface area contributed by atoms with Crippen LogP contribution in [0, 0.1) is 20.2 Å². The second kappa shape index (κ2) is 38.9. The zero-order chi connectivity index (χ0) is 58.9. The van der Waals surface area contributed by atoms with E-state index < -0.39 is 79.9 Å². The summed E-state index contributed by atoms with van der Waals surface area (Å²) >= 11 is 4.85. The first-order valence-corrected chi connectivity index (χ1v) is 20.8. The van der Waals surface area contributed by atoms with E-state index in [9.17, 15) is 92.1 Å². The Kier molecular flexibility index (Phi) is 40.7. The number of carbonyl (C=O) groups excluding carboxylic acids is 7. The molecule has 0 bridgehead atoms. The monoisotopic (exact) mass is 1320 g/mol. The Morgan fingerprint density at radius 1 is 0.654 bits per heavy atom. The van der Waals surface area contributed by atoms with Gasteiger partial charge in [-0.2, -0.15) is 52.7 Å². The number of pyridine rings is 2. The minimum atomic E-state index is -5.00. The number of nitrogens with one attached hydrogen (secondary N) is 3. The summed E-state index contributed by atoms with van der Waals surface area (Å²) in [5.74, 6) is -6.58. The number of carboxylic acids is 1. The van der Waals surface area contributed by atoms with Gasteiger partial charge in [0.15, 0.2) is 24.7 Å². The van der Waals surface area contributed by atoms with Crippen molar-refractivity contribution in [2.45, 2.75) is 42.8 Å². The average Bonchev–Trinajstić information content (AvgIpc) is 3.85. The fraction of sp³-hybridized carbons (Fsp3) is 0.220. The number of ketones is 3. The van der Waals surface area contributed by atoms with Crippen LogP contribution in [0.4, 0.5) is 75.4 Å². The number of rotatable bonds is 13. The molecule has 10 N–H and O–H groups in total. The number of hydrogen-bond donors (Lipinski definition) is 4. The first-order chi connectivity index (χ1) is 35.0. The van der Waals surface area contributed by atoms with Gasteiger partial charge in [0.1, 0.15) is 55.2 Å². The van der Waals surface area contributed by atoms with Crippen LogP contribution >= 0.6 is 31.9 Å². The number of nitro groups is 2. The molecule has 0 aliphatic heterocycles. The molecule has 2 aromatic carbocycles. The third-order valence-electron chi connectivity index (χ3n) is 7.32. The van der Waals surface area contributed by atoms with E-state index in [1.807, 2.05) is 0 Å². The van der Waals surface area contributed by atoms with Gasteiger partial charge in [-0.25, -0.2) is 4.98 Å². The Hall–Kier alpha value is -7.56. The number of carboxylic acid groups (broad SMARTS) is 1. The van der Waals surface area contributed by atoms with Gasteiger partial charge in [-0.1, -0.05) is 39.3 Å². The van der Waals surface area contributed by atoms with Gasteiger partial charge in [-0.05, 0) is 43.3 Å². The van der Waals surface area contributed by atoms with E-state index in [-0.39, 0.29) is 94.2 Å². The Balaban J connectivity index is -0.000000229. The molecule has 444 valence electrons. The van der Waals surface area contributed by atoms with Crippen molar-refractivity contribution in [1.82, 2.24) is 26.1 Å². The predicted octanol–water partition coefficient (Wildman–Crippen LogP) is 4.65. The van der Waals surface area contributed by atoms with Gasteiger partial charge < -0.3 is 52.1 Å². The van der Waals surface area contributed by atoms with E-state index in [0.717, 1.165) is 6.92 Å². The van der Waals surface area contributed by atoms with Crippen LogP contribution in [0.3, 0.4) is 0 Å². The number of alkyl halides is 14. The van der Waals surface area contributed by atoms with Crippen LogP contribution in [0.5, 0.6) is 23.0 Å². The predicted molar refractivity (Wildman–Crippen MR) is 258 cm³/mol. The van der Waals surface area contributed by atoms with Crippen LogP contribution in [0.25, 0.3) is 11.5 Å². The van der Waals surface area contributed by atoms with E-state index >= 15 is 0 Å². The van der Waals surface area contributed by atoms with Crippen LogP contribution in [-0.2, 0) is 34.9 Å². The van der Waals surface area contributed by atoms with Crippen molar-refractivity contribution in [3.05, 3.63) is 111 Å². The van der Waals surface area contributed by atoms with E-state index in [0.29, 0.717) is 35.4 Å². The summed E-state index contributed by atoms with van der Waals surface area (Å²) in [7, 11) is 3.15. The summed E-state index contributed by atoms with van der Waals surface area (Å²) in [5, 5.41) is 36.4. The molecule has 81 heavy (non-hydrogen) atoms. The first kappa shape index (κ1) is 84.7. The van der Waals surface area contributed by atoms with Crippen LogP contribution in [0.15, 0.2) is 79.3 Å². The third-order valence-corrected chi connectivity index (χ3v) is 8.15. The summed E-state index contributed by atoms with van der Waals surface area (Å²) in [6, 6.07) is 14.6. The molecule has 0 spiro atoms. The number of imidazole rings is 1. The second-order valence-corrected chi connectivity index (χ2v) is 15.8. The summed E-state index contributed by atoms with van der Waals surface area (Å²) in [4.78, 5) is 101. The summed E-state index contributed by atoms with van der Waals surface area (Å²) in [6.45, 7) is 0.972. The third kappa shape index (κ3) is 32.3. The molecule has 0 radical (unpaired) electrons. The quantitative estimate of drug-likeness (QED) is 0.0237. The molecular weight excluding hydrogens is 1290 g/mol. The number of nitro benzene ring substituents is 2. The molecule has 0 saturated heterocycles. The summed E-state index contributed by atoms with van der Waals surface area (Å²) in [5.41, 5.74) is -0.194. The molecule has 0 atom stereocenters. The Morgan fingerprint density at radius 2 is 1.02 bits per heavy atom. The number of benzene rings is 2. The van der Waals surface area contributed by atoms with Gasteiger partial charge >= 0.3 is 54.3 Å². The molecule has 25 nitrogen and oxygen atoms in total. The number of aliphatic carboxylic acids is 1. The standard InChI is InChI=1S/C16H12F3N5O3.C13H11N3O4.C3HBr2F3O.2C3HF3O2.C2H4O2.CH4.H3N.Na.2H2O/c1-20-11-3-2-9(7-13(11)24(25)26)27-10-4-5-21-12(6-10)15-22-8-14(23-15)16(17,18)19;1-14-12-3-2-10(7-13(12)16(18)19)20-11-4-5-15-9(6-11)8-17;4-2(5)1(9)3(6,7)8;2*4-3(5,6)2(8)1-7;1-2(3)4;;;;;/h2-8,20H,1H3,(H,22,23);2-8,14H,1H3;2H;2*1H;1H3,(H,3,4);1H4;1H3;;2*1H2/q;;;;;;;;+1;;/p-1. The summed E-state index contributed by atoms with van der Waals surface area (Å²) < 4.78 is 147. The van der Waals surface area contributed by atoms with E-state index in [4.69, 9.17) is 29.0 Å². The number of aldehydes is 3. The molecule has 0 saturated carbocycles.